The van der Waals surface area contributed by atoms with Gasteiger partial charge in [-0.15, -0.1) is 0 Å². The molecule has 2 aliphatic heterocycles. The Morgan fingerprint density at radius 3 is 2.49 bits per heavy atom. The summed E-state index contributed by atoms with van der Waals surface area (Å²) in [5.41, 5.74) is 5.59. The third-order valence-electron chi connectivity index (χ3n) is 9.76. The molecule has 47 heavy (non-hydrogen) atoms. The Hall–Kier alpha value is -4.98. The Morgan fingerprint density at radius 2 is 1.74 bits per heavy atom. The molecule has 3 aromatic rings. The van der Waals surface area contributed by atoms with Crippen molar-refractivity contribution in [3.8, 4) is 17.2 Å². The molecule has 0 spiro atoms. The molecular weight excluding hydrogens is 590 g/mol. The van der Waals surface area contributed by atoms with Gasteiger partial charge in [-0.1, -0.05) is 31.9 Å². The number of fused-ring (bicyclic) bond motifs is 3. The largest absolute Gasteiger partial charge is 0.453 e. The number of hydrogen-bond acceptors (Lipinski definition) is 7. The molecule has 1 saturated carbocycles. The molecule has 240 valence electrons. The summed E-state index contributed by atoms with van der Waals surface area (Å²) in [6.07, 6.45) is 9.62. The van der Waals surface area contributed by atoms with Crippen LogP contribution in [0.15, 0.2) is 82.0 Å². The molecule has 0 aromatic heterocycles. The minimum atomic E-state index is -0.569. The van der Waals surface area contributed by atoms with Crippen molar-refractivity contribution in [3.05, 3.63) is 105 Å². The summed E-state index contributed by atoms with van der Waals surface area (Å²) in [5, 5.41) is 2.75. The van der Waals surface area contributed by atoms with Gasteiger partial charge in [0.05, 0.1) is 11.1 Å². The first-order valence-electron chi connectivity index (χ1n) is 16.7. The number of aryl methyl sites for hydroxylation is 1. The van der Waals surface area contributed by atoms with Gasteiger partial charge in [0.2, 0.25) is 0 Å². The third-order valence-corrected chi connectivity index (χ3v) is 9.76. The van der Waals surface area contributed by atoms with Gasteiger partial charge in [0.15, 0.2) is 16.8 Å². The molecule has 0 bridgehead atoms. The predicted octanol–water partition coefficient (Wildman–Crippen LogP) is 8.22. The molecular formula is C39H39N3O5. The number of esters is 1. The number of benzene rings is 4. The van der Waals surface area contributed by atoms with E-state index in [2.05, 4.69) is 36.3 Å². The van der Waals surface area contributed by atoms with Crippen LogP contribution in [0.1, 0.15) is 89.6 Å². The highest BCUT2D eigenvalue weighted by molar-refractivity contribution is 6.05. The van der Waals surface area contributed by atoms with E-state index in [1.807, 2.05) is 24.3 Å². The smallest absolute Gasteiger partial charge is 0.343 e. The lowest BCUT2D eigenvalue weighted by atomic mass is 9.77. The number of amides is 1. The van der Waals surface area contributed by atoms with Crippen molar-refractivity contribution >= 4 is 34.4 Å². The van der Waals surface area contributed by atoms with Crippen LogP contribution in [0.5, 0.6) is 5.75 Å². The molecule has 0 radical (unpaired) electrons. The first-order valence-corrected chi connectivity index (χ1v) is 16.7. The number of nitrogens with one attached hydrogen (secondary N) is 1. The van der Waals surface area contributed by atoms with Crippen molar-refractivity contribution in [3.63, 3.8) is 0 Å². The van der Waals surface area contributed by atoms with Gasteiger partial charge in [-0.05, 0) is 110 Å². The van der Waals surface area contributed by atoms with E-state index in [4.69, 9.17) is 14.1 Å². The van der Waals surface area contributed by atoms with Crippen molar-refractivity contribution in [2.24, 2.45) is 5.92 Å². The average molecular weight is 630 g/mol. The van der Waals surface area contributed by atoms with Gasteiger partial charge in [-0.2, -0.15) is 0 Å². The molecule has 0 saturated heterocycles. The first kappa shape index (κ1) is 30.7. The van der Waals surface area contributed by atoms with E-state index in [9.17, 15) is 14.4 Å². The number of carbonyl (C=O) groups is 2. The minimum Gasteiger partial charge on any atom is -0.453 e. The zero-order valence-corrected chi connectivity index (χ0v) is 26.9. The lowest BCUT2D eigenvalue weighted by Gasteiger charge is -2.28. The number of rotatable bonds is 7. The molecule has 2 heterocycles. The van der Waals surface area contributed by atoms with Crippen LogP contribution in [0, 0.1) is 5.92 Å². The summed E-state index contributed by atoms with van der Waals surface area (Å²) in [6, 6.07) is 21.0. The zero-order chi connectivity index (χ0) is 32.5. The molecule has 0 unspecified atom stereocenters. The highest BCUT2D eigenvalue weighted by atomic mass is 16.5. The van der Waals surface area contributed by atoms with Crippen LogP contribution in [-0.2, 0) is 6.42 Å². The molecule has 0 atom stereocenters. The van der Waals surface area contributed by atoms with E-state index >= 15 is 0 Å². The van der Waals surface area contributed by atoms with Gasteiger partial charge in [0.1, 0.15) is 17.0 Å². The van der Waals surface area contributed by atoms with Gasteiger partial charge in [-0.25, -0.2) is 9.78 Å². The summed E-state index contributed by atoms with van der Waals surface area (Å²) < 4.78 is 11.7. The van der Waals surface area contributed by atoms with Crippen molar-refractivity contribution < 1.29 is 18.7 Å². The van der Waals surface area contributed by atoms with Crippen LogP contribution in [0.4, 0.5) is 11.4 Å². The summed E-state index contributed by atoms with van der Waals surface area (Å²) in [7, 11) is 2.05. The molecule has 8 heteroatoms. The van der Waals surface area contributed by atoms with Crippen LogP contribution in [-0.4, -0.2) is 30.5 Å². The lowest BCUT2D eigenvalue weighted by molar-refractivity contribution is 0.0734. The maximum absolute atomic E-state index is 13.2. The number of nitrogens with zero attached hydrogens (tertiary/aromatic N) is 2. The molecule has 2 aliphatic carbocycles. The molecule has 7 rings (SSSR count). The molecule has 8 nitrogen and oxygen atoms in total. The van der Waals surface area contributed by atoms with Crippen LogP contribution in [0.2, 0.25) is 0 Å². The van der Waals surface area contributed by atoms with Gasteiger partial charge in [-0.3, -0.25) is 9.59 Å². The Balaban J connectivity index is 1.000. The second-order valence-electron chi connectivity index (χ2n) is 13.0. The third kappa shape index (κ3) is 6.50. The maximum atomic E-state index is 13.2. The van der Waals surface area contributed by atoms with E-state index < -0.39 is 17.3 Å². The highest BCUT2D eigenvalue weighted by Gasteiger charge is 2.23. The number of carbonyl (C=O) groups excluding carboxylic acids is 2. The Kier molecular flexibility index (Phi) is 8.50. The highest BCUT2D eigenvalue weighted by Crippen LogP contribution is 2.38. The van der Waals surface area contributed by atoms with E-state index in [-0.39, 0.29) is 5.56 Å². The fraction of sp³-hybridized carbons (Fsp3) is 0.333. The molecule has 1 N–H and O–H groups in total. The average Bonchev–Trinajstić information content (AvgIpc) is 3.08. The topological polar surface area (TPSA) is 102 Å². The van der Waals surface area contributed by atoms with Crippen molar-refractivity contribution in [1.82, 2.24) is 4.98 Å². The summed E-state index contributed by atoms with van der Waals surface area (Å²) in [5.74, 6) is 1.20. The van der Waals surface area contributed by atoms with Gasteiger partial charge in [0.25, 0.3) is 5.91 Å². The molecule has 3 aromatic carbocycles. The molecule has 1 fully saturated rings. The van der Waals surface area contributed by atoms with Gasteiger partial charge < -0.3 is 19.4 Å². The number of aromatic nitrogens is 1. The Morgan fingerprint density at radius 1 is 0.979 bits per heavy atom. The van der Waals surface area contributed by atoms with Crippen LogP contribution >= 0.6 is 0 Å². The molecule has 4 aliphatic rings. The Bertz CT molecular complexity index is 1960. The maximum Gasteiger partial charge on any atom is 0.343 e. The first-order chi connectivity index (χ1) is 22.8. The predicted molar refractivity (Wildman–Crippen MR) is 184 cm³/mol. The normalized spacial score (nSPS) is 17.8. The van der Waals surface area contributed by atoms with Gasteiger partial charge >= 0.3 is 5.97 Å². The number of hydrogen-bond donors (Lipinski definition) is 1. The van der Waals surface area contributed by atoms with Crippen molar-refractivity contribution in [2.45, 2.75) is 64.2 Å². The summed E-state index contributed by atoms with van der Waals surface area (Å²) >= 11 is 0. The zero-order valence-electron chi connectivity index (χ0n) is 26.9. The van der Waals surface area contributed by atoms with Crippen molar-refractivity contribution in [2.75, 3.05) is 23.8 Å². The fourth-order valence-electron chi connectivity index (χ4n) is 7.15. The lowest BCUT2D eigenvalue weighted by Crippen LogP contribution is -2.24. The Labute approximate surface area is 274 Å². The van der Waals surface area contributed by atoms with Crippen LogP contribution < -0.4 is 20.4 Å². The SMILES string of the molecule is CCCC1CCC(c2ccc(OC(=O)c3ccc(NC(=O)c4cc5nc6cc7c(cc6oc-5cc4=O)N(C)CCC7)cc3)cc2)CC1. The van der Waals surface area contributed by atoms with Gasteiger partial charge in [0, 0.05) is 37.1 Å². The standard InChI is InChI=1S/C39H39N3O5/c1-3-5-24-7-9-25(10-8-24)26-13-17-30(18-14-26)46-39(45)27-11-15-29(16-12-27)40-38(44)31-21-33-37(23-35(31)43)47-36-22-34-28(20-32(36)41-33)6-4-19-42(34)2/h11-18,20-25H,3-10,19H2,1-2H3,(H,40,44). The van der Waals surface area contributed by atoms with E-state index in [0.29, 0.717) is 45.5 Å². The van der Waals surface area contributed by atoms with Crippen molar-refractivity contribution in [1.29, 1.82) is 0 Å². The van der Waals surface area contributed by atoms with E-state index in [1.165, 1.54) is 61.8 Å². The summed E-state index contributed by atoms with van der Waals surface area (Å²) in [4.78, 5) is 45.8. The van der Waals surface area contributed by atoms with Crippen LogP contribution in [0.25, 0.3) is 22.6 Å². The summed E-state index contributed by atoms with van der Waals surface area (Å²) in [6.45, 7) is 3.24. The van der Waals surface area contributed by atoms with E-state index in [1.54, 1.807) is 24.3 Å². The van der Waals surface area contributed by atoms with E-state index in [0.717, 1.165) is 31.0 Å². The minimum absolute atomic E-state index is 0.0434. The quantitative estimate of drug-likeness (QED) is 0.110. The van der Waals surface area contributed by atoms with Crippen LogP contribution in [0.3, 0.4) is 0 Å². The molecule has 1 amide bonds. The fourth-order valence-corrected chi connectivity index (χ4v) is 7.15. The second-order valence-corrected chi connectivity index (χ2v) is 13.0. The number of ether oxygens (including phenoxy) is 1. The second kappa shape index (κ2) is 13.0. The number of anilines is 2. The monoisotopic (exact) mass is 629 g/mol.